The van der Waals surface area contributed by atoms with Crippen LogP contribution >= 0.6 is 54.8 Å². The SMILES string of the molecule is CCNC(c1cc(Cl)c(Br)s1)c1cccc(F)c1Br. The molecule has 2 rings (SSSR count). The van der Waals surface area contributed by atoms with Crippen LogP contribution in [0.2, 0.25) is 5.02 Å². The zero-order chi connectivity index (χ0) is 14.0. The molecule has 2 aromatic rings. The van der Waals surface area contributed by atoms with E-state index in [2.05, 4.69) is 37.2 Å². The van der Waals surface area contributed by atoms with Gasteiger partial charge in [-0.3, -0.25) is 0 Å². The Balaban J connectivity index is 2.48. The van der Waals surface area contributed by atoms with Gasteiger partial charge in [0.05, 0.1) is 19.3 Å². The van der Waals surface area contributed by atoms with Crippen molar-refractivity contribution in [2.45, 2.75) is 13.0 Å². The van der Waals surface area contributed by atoms with Gasteiger partial charge in [0.2, 0.25) is 0 Å². The van der Waals surface area contributed by atoms with Crippen LogP contribution in [-0.2, 0) is 0 Å². The fourth-order valence-electron chi connectivity index (χ4n) is 1.82. The lowest BCUT2D eigenvalue weighted by Gasteiger charge is -2.18. The van der Waals surface area contributed by atoms with Crippen LogP contribution < -0.4 is 5.32 Å². The van der Waals surface area contributed by atoms with Gasteiger partial charge in [0, 0.05) is 4.88 Å². The predicted molar refractivity (Wildman–Crippen MR) is 86.6 cm³/mol. The molecule has 1 unspecified atom stereocenters. The Morgan fingerprint density at radius 3 is 2.74 bits per heavy atom. The first-order valence-corrected chi connectivity index (χ1v) is 8.44. The molecule has 0 radical (unpaired) electrons. The van der Waals surface area contributed by atoms with E-state index in [0.29, 0.717) is 9.50 Å². The lowest BCUT2D eigenvalue weighted by Crippen LogP contribution is -2.21. The summed E-state index contributed by atoms with van der Waals surface area (Å²) < 4.78 is 15.0. The van der Waals surface area contributed by atoms with Crippen LogP contribution in [-0.4, -0.2) is 6.54 Å². The molecule has 0 saturated heterocycles. The third-order valence-corrected chi connectivity index (χ3v) is 6.03. The zero-order valence-corrected chi connectivity index (χ0v) is 14.8. The molecule has 0 saturated carbocycles. The Kier molecular flexibility index (Phi) is 5.43. The zero-order valence-electron chi connectivity index (χ0n) is 10.0. The maximum Gasteiger partial charge on any atom is 0.137 e. The molecule has 1 aromatic carbocycles. The molecular weight excluding hydrogens is 416 g/mol. The molecule has 1 nitrogen and oxygen atoms in total. The average Bonchev–Trinajstić information content (AvgIpc) is 2.70. The predicted octanol–water partition coefficient (Wildman–Crippen LogP) is 5.76. The Morgan fingerprint density at radius 1 is 1.42 bits per heavy atom. The second kappa shape index (κ2) is 6.68. The molecule has 102 valence electrons. The van der Waals surface area contributed by atoms with E-state index in [4.69, 9.17) is 11.6 Å². The minimum atomic E-state index is -0.262. The fraction of sp³-hybridized carbons (Fsp3) is 0.231. The van der Waals surface area contributed by atoms with E-state index in [0.717, 1.165) is 20.8 Å². The van der Waals surface area contributed by atoms with E-state index in [-0.39, 0.29) is 11.9 Å². The molecule has 6 heteroatoms. The lowest BCUT2D eigenvalue weighted by atomic mass is 10.1. The molecule has 1 aromatic heterocycles. The smallest absolute Gasteiger partial charge is 0.137 e. The fourth-order valence-corrected chi connectivity index (χ4v) is 4.15. The molecule has 0 fully saturated rings. The van der Waals surface area contributed by atoms with Crippen molar-refractivity contribution in [2.24, 2.45) is 0 Å². The van der Waals surface area contributed by atoms with Crippen LogP contribution in [0.15, 0.2) is 32.5 Å². The number of hydrogen-bond donors (Lipinski definition) is 1. The molecule has 0 aliphatic rings. The van der Waals surface area contributed by atoms with Crippen molar-refractivity contribution in [1.82, 2.24) is 5.32 Å². The summed E-state index contributed by atoms with van der Waals surface area (Å²) >= 11 is 14.4. The van der Waals surface area contributed by atoms with Crippen molar-refractivity contribution >= 4 is 54.8 Å². The average molecular weight is 428 g/mol. The van der Waals surface area contributed by atoms with E-state index in [9.17, 15) is 4.39 Å². The van der Waals surface area contributed by atoms with Crippen LogP contribution in [0.3, 0.4) is 0 Å². The summed E-state index contributed by atoms with van der Waals surface area (Å²) in [5.74, 6) is -0.262. The summed E-state index contributed by atoms with van der Waals surface area (Å²) in [4.78, 5) is 1.05. The Labute approximate surface area is 137 Å². The topological polar surface area (TPSA) is 12.0 Å². The Morgan fingerprint density at radius 2 is 2.16 bits per heavy atom. The number of thiophene rings is 1. The third kappa shape index (κ3) is 3.39. The van der Waals surface area contributed by atoms with Gasteiger partial charge in [-0.2, -0.15) is 0 Å². The van der Waals surface area contributed by atoms with Crippen molar-refractivity contribution in [3.8, 4) is 0 Å². The van der Waals surface area contributed by atoms with Crippen molar-refractivity contribution in [2.75, 3.05) is 6.54 Å². The highest BCUT2D eigenvalue weighted by atomic mass is 79.9. The lowest BCUT2D eigenvalue weighted by molar-refractivity contribution is 0.599. The van der Waals surface area contributed by atoms with E-state index in [1.165, 1.54) is 6.07 Å². The first-order chi connectivity index (χ1) is 9.04. The summed E-state index contributed by atoms with van der Waals surface area (Å²) in [6.07, 6.45) is 0. The van der Waals surface area contributed by atoms with Gasteiger partial charge in [0.1, 0.15) is 5.82 Å². The van der Waals surface area contributed by atoms with E-state index >= 15 is 0 Å². The number of halogens is 4. The number of nitrogens with one attached hydrogen (secondary N) is 1. The van der Waals surface area contributed by atoms with Crippen LogP contribution in [0.25, 0.3) is 0 Å². The summed E-state index contributed by atoms with van der Waals surface area (Å²) in [6.45, 7) is 2.80. The third-order valence-electron chi connectivity index (χ3n) is 2.65. The standard InChI is InChI=1S/C13H11Br2ClFNS/c1-2-18-12(10-6-8(16)13(15)19-10)7-4-3-5-9(17)11(7)14/h3-6,12,18H,2H2,1H3. The van der Waals surface area contributed by atoms with Crippen LogP contribution in [0.1, 0.15) is 23.4 Å². The van der Waals surface area contributed by atoms with Gasteiger partial charge in [0.15, 0.2) is 0 Å². The summed E-state index contributed by atoms with van der Waals surface area (Å²) in [6, 6.07) is 6.88. The summed E-state index contributed by atoms with van der Waals surface area (Å²) in [5.41, 5.74) is 0.868. The molecule has 0 aliphatic carbocycles. The van der Waals surface area contributed by atoms with Crippen molar-refractivity contribution < 1.29 is 4.39 Å². The van der Waals surface area contributed by atoms with Gasteiger partial charge in [-0.05, 0) is 56.1 Å². The Hall–Kier alpha value is 0.0600. The molecule has 1 atom stereocenters. The Bertz CT molecular complexity index is 569. The highest BCUT2D eigenvalue weighted by molar-refractivity contribution is 9.11. The van der Waals surface area contributed by atoms with Crippen molar-refractivity contribution in [1.29, 1.82) is 0 Å². The van der Waals surface area contributed by atoms with Crippen molar-refractivity contribution in [3.05, 3.63) is 53.8 Å². The first kappa shape index (κ1) is 15.4. The maximum atomic E-state index is 13.7. The second-order valence-corrected chi connectivity index (χ2v) is 7.51. The van der Waals surface area contributed by atoms with Crippen LogP contribution in [0.4, 0.5) is 4.39 Å². The summed E-state index contributed by atoms with van der Waals surface area (Å²) in [5, 5.41) is 4.03. The first-order valence-electron chi connectivity index (χ1n) is 5.66. The second-order valence-electron chi connectivity index (χ2n) is 3.90. The maximum absolute atomic E-state index is 13.7. The van der Waals surface area contributed by atoms with E-state index in [1.807, 2.05) is 19.1 Å². The number of hydrogen-bond acceptors (Lipinski definition) is 2. The highest BCUT2D eigenvalue weighted by Crippen LogP contribution is 2.39. The van der Waals surface area contributed by atoms with Gasteiger partial charge in [-0.1, -0.05) is 30.7 Å². The van der Waals surface area contributed by atoms with Crippen LogP contribution in [0.5, 0.6) is 0 Å². The molecule has 19 heavy (non-hydrogen) atoms. The molecule has 0 amide bonds. The molecule has 1 heterocycles. The van der Waals surface area contributed by atoms with Gasteiger partial charge in [-0.15, -0.1) is 11.3 Å². The minimum Gasteiger partial charge on any atom is -0.306 e. The normalized spacial score (nSPS) is 12.7. The number of benzene rings is 1. The van der Waals surface area contributed by atoms with Crippen LogP contribution in [0, 0.1) is 5.82 Å². The van der Waals surface area contributed by atoms with E-state index in [1.54, 1.807) is 17.4 Å². The number of rotatable bonds is 4. The van der Waals surface area contributed by atoms with E-state index < -0.39 is 0 Å². The van der Waals surface area contributed by atoms with Gasteiger partial charge < -0.3 is 5.32 Å². The molecule has 0 aliphatic heterocycles. The van der Waals surface area contributed by atoms with Gasteiger partial charge >= 0.3 is 0 Å². The van der Waals surface area contributed by atoms with Gasteiger partial charge in [0.25, 0.3) is 0 Å². The largest absolute Gasteiger partial charge is 0.306 e. The molecule has 0 bridgehead atoms. The van der Waals surface area contributed by atoms with Crippen molar-refractivity contribution in [3.63, 3.8) is 0 Å². The summed E-state index contributed by atoms with van der Waals surface area (Å²) in [7, 11) is 0. The molecule has 1 N–H and O–H groups in total. The minimum absolute atomic E-state index is 0.0797. The monoisotopic (exact) mass is 425 g/mol. The van der Waals surface area contributed by atoms with Gasteiger partial charge in [-0.25, -0.2) is 4.39 Å². The molecule has 0 spiro atoms. The quantitative estimate of drug-likeness (QED) is 0.654. The highest BCUT2D eigenvalue weighted by Gasteiger charge is 2.20. The molecular formula is C13H11Br2ClFNS.